The average molecular weight is 258 g/mol. The van der Waals surface area contributed by atoms with E-state index in [9.17, 15) is 8.42 Å². The van der Waals surface area contributed by atoms with Crippen molar-refractivity contribution >= 4 is 15.7 Å². The van der Waals surface area contributed by atoms with Gasteiger partial charge in [0.25, 0.3) is 10.0 Å². The van der Waals surface area contributed by atoms with Gasteiger partial charge in [0, 0.05) is 26.8 Å². The fourth-order valence-electron chi connectivity index (χ4n) is 1.28. The van der Waals surface area contributed by atoms with E-state index in [1.54, 1.807) is 26.2 Å². The molecule has 0 aromatic carbocycles. The normalized spacial score (nSPS) is 11.8. The van der Waals surface area contributed by atoms with Gasteiger partial charge in [-0.1, -0.05) is 6.92 Å². The number of nitrogens with zero attached hydrogens (tertiary/aromatic N) is 2. The molecule has 0 aliphatic heterocycles. The van der Waals surface area contributed by atoms with Gasteiger partial charge >= 0.3 is 0 Å². The van der Waals surface area contributed by atoms with Crippen molar-refractivity contribution in [2.24, 2.45) is 0 Å². The lowest BCUT2D eigenvalue weighted by Crippen LogP contribution is -2.36. The Labute approximate surface area is 102 Å². The van der Waals surface area contributed by atoms with E-state index >= 15 is 0 Å². The van der Waals surface area contributed by atoms with E-state index < -0.39 is 10.0 Å². The minimum atomic E-state index is -3.62. The summed E-state index contributed by atoms with van der Waals surface area (Å²) in [5.41, 5.74) is 0.517. The van der Waals surface area contributed by atoms with Gasteiger partial charge in [-0.05, 0) is 18.6 Å². The lowest BCUT2D eigenvalue weighted by molar-refractivity contribution is 0.363. The number of aromatic nitrogens is 1. The van der Waals surface area contributed by atoms with Gasteiger partial charge in [-0.3, -0.25) is 0 Å². The third-order valence-corrected chi connectivity index (χ3v) is 3.33. The van der Waals surface area contributed by atoms with Crippen LogP contribution < -0.4 is 10.1 Å². The zero-order valence-corrected chi connectivity index (χ0v) is 11.1. The molecule has 0 atom stereocenters. The van der Waals surface area contributed by atoms with Crippen LogP contribution in [0, 0.1) is 0 Å². The predicted octanol–water partition coefficient (Wildman–Crippen LogP) is 0.658. The van der Waals surface area contributed by atoms with Gasteiger partial charge < -0.3 is 5.32 Å². The second-order valence-electron chi connectivity index (χ2n) is 3.77. The van der Waals surface area contributed by atoms with E-state index in [2.05, 4.69) is 15.1 Å². The van der Waals surface area contributed by atoms with Crippen LogP contribution in [0.1, 0.15) is 13.3 Å². The molecule has 0 aliphatic carbocycles. The molecule has 0 fully saturated rings. The minimum absolute atomic E-state index is 0.0159. The van der Waals surface area contributed by atoms with Crippen molar-refractivity contribution < 1.29 is 8.42 Å². The monoisotopic (exact) mass is 258 g/mol. The summed E-state index contributed by atoms with van der Waals surface area (Å²) in [6, 6.07) is 3.40. The van der Waals surface area contributed by atoms with Crippen molar-refractivity contribution in [1.82, 2.24) is 14.8 Å². The summed E-state index contributed by atoms with van der Waals surface area (Å²) in [6.07, 6.45) is 2.37. The Hall–Kier alpha value is -1.18. The van der Waals surface area contributed by atoms with Crippen LogP contribution in [0.2, 0.25) is 0 Å². The molecule has 0 aliphatic rings. The van der Waals surface area contributed by atoms with Gasteiger partial charge in [0.05, 0.1) is 5.69 Å². The first-order valence-corrected chi connectivity index (χ1v) is 6.84. The third-order valence-electron chi connectivity index (χ3n) is 1.89. The molecule has 1 aromatic rings. The first-order chi connectivity index (χ1) is 7.97. The Kier molecular flexibility index (Phi) is 4.86. The van der Waals surface area contributed by atoms with Gasteiger partial charge in [0.15, 0.2) is 5.03 Å². The van der Waals surface area contributed by atoms with Crippen LogP contribution >= 0.6 is 0 Å². The standard InChI is InChI=1S/C10H18N4O2S/c1-4-7-11-9-6-5-8-12-10(9)17(15,16)13-14(2)3/h5-6,8,11,13H,4,7H2,1-3H3. The molecule has 17 heavy (non-hydrogen) atoms. The fraction of sp³-hybridized carbons (Fsp3) is 0.500. The second-order valence-corrected chi connectivity index (χ2v) is 5.35. The van der Waals surface area contributed by atoms with Crippen LogP contribution in [0.25, 0.3) is 0 Å². The largest absolute Gasteiger partial charge is 0.383 e. The van der Waals surface area contributed by atoms with Crippen molar-refractivity contribution in [3.05, 3.63) is 18.3 Å². The molecule has 0 radical (unpaired) electrons. The molecule has 0 saturated carbocycles. The van der Waals surface area contributed by atoms with Gasteiger partial charge in [-0.25, -0.2) is 18.4 Å². The maximum atomic E-state index is 12.0. The first-order valence-electron chi connectivity index (χ1n) is 5.36. The van der Waals surface area contributed by atoms with Crippen LogP contribution in [0.4, 0.5) is 5.69 Å². The number of hydrazine groups is 1. The minimum Gasteiger partial charge on any atom is -0.383 e. The molecule has 7 heteroatoms. The van der Waals surface area contributed by atoms with E-state index in [1.807, 2.05) is 6.92 Å². The number of hydrogen-bond donors (Lipinski definition) is 2. The zero-order chi connectivity index (χ0) is 12.9. The number of hydrogen-bond acceptors (Lipinski definition) is 5. The van der Waals surface area contributed by atoms with Crippen molar-refractivity contribution in [2.75, 3.05) is 26.0 Å². The van der Waals surface area contributed by atoms with E-state index in [-0.39, 0.29) is 5.03 Å². The lowest BCUT2D eigenvalue weighted by Gasteiger charge is -2.14. The second kappa shape index (κ2) is 5.95. The Bertz CT molecular complexity index is 459. The van der Waals surface area contributed by atoms with Gasteiger partial charge in [-0.15, -0.1) is 4.83 Å². The average Bonchev–Trinajstić information content (AvgIpc) is 2.25. The predicted molar refractivity (Wildman–Crippen MR) is 67.0 cm³/mol. The highest BCUT2D eigenvalue weighted by atomic mass is 32.2. The van der Waals surface area contributed by atoms with Crippen LogP contribution in [0.5, 0.6) is 0 Å². The molecule has 1 aromatic heterocycles. The molecule has 0 bridgehead atoms. The fourth-order valence-corrected chi connectivity index (χ4v) is 2.48. The van der Waals surface area contributed by atoms with E-state index in [1.165, 1.54) is 11.2 Å². The highest BCUT2D eigenvalue weighted by molar-refractivity contribution is 7.89. The number of pyridine rings is 1. The van der Waals surface area contributed by atoms with Crippen molar-refractivity contribution in [1.29, 1.82) is 0 Å². The number of rotatable bonds is 6. The molecular weight excluding hydrogens is 240 g/mol. The van der Waals surface area contributed by atoms with E-state index in [4.69, 9.17) is 0 Å². The highest BCUT2D eigenvalue weighted by Gasteiger charge is 2.20. The third kappa shape index (κ3) is 3.95. The summed E-state index contributed by atoms with van der Waals surface area (Å²) in [5.74, 6) is 0. The zero-order valence-electron chi connectivity index (χ0n) is 10.3. The van der Waals surface area contributed by atoms with Crippen LogP contribution in [-0.2, 0) is 10.0 Å². The van der Waals surface area contributed by atoms with Gasteiger partial charge in [-0.2, -0.15) is 0 Å². The highest BCUT2D eigenvalue weighted by Crippen LogP contribution is 2.17. The maximum absolute atomic E-state index is 12.0. The summed E-state index contributed by atoms with van der Waals surface area (Å²) >= 11 is 0. The molecular formula is C10H18N4O2S. The summed E-state index contributed by atoms with van der Waals surface area (Å²) in [7, 11) is -0.397. The molecule has 96 valence electrons. The number of nitrogens with one attached hydrogen (secondary N) is 2. The van der Waals surface area contributed by atoms with Crippen molar-refractivity contribution in [3.63, 3.8) is 0 Å². The smallest absolute Gasteiger partial charge is 0.272 e. The number of sulfonamides is 1. The molecule has 1 rings (SSSR count). The SMILES string of the molecule is CCCNc1cccnc1S(=O)(=O)NN(C)C. The molecule has 6 nitrogen and oxygen atoms in total. The summed E-state index contributed by atoms with van der Waals surface area (Å²) in [4.78, 5) is 6.27. The van der Waals surface area contributed by atoms with Crippen LogP contribution in [0.3, 0.4) is 0 Å². The summed E-state index contributed by atoms with van der Waals surface area (Å²) < 4.78 is 23.9. The first kappa shape index (κ1) is 13.9. The summed E-state index contributed by atoms with van der Waals surface area (Å²) in [6.45, 7) is 2.71. The Morgan fingerprint density at radius 1 is 1.41 bits per heavy atom. The topological polar surface area (TPSA) is 74.3 Å². The van der Waals surface area contributed by atoms with Gasteiger partial charge in [0.2, 0.25) is 0 Å². The Morgan fingerprint density at radius 3 is 2.71 bits per heavy atom. The van der Waals surface area contributed by atoms with Crippen molar-refractivity contribution in [3.8, 4) is 0 Å². The Morgan fingerprint density at radius 2 is 2.12 bits per heavy atom. The lowest BCUT2D eigenvalue weighted by atomic mass is 10.4. The van der Waals surface area contributed by atoms with Crippen LogP contribution in [0.15, 0.2) is 23.4 Å². The Balaban J connectivity index is 3.04. The molecule has 0 unspecified atom stereocenters. The van der Waals surface area contributed by atoms with Crippen LogP contribution in [-0.4, -0.2) is 39.1 Å². The molecule has 0 spiro atoms. The molecule has 0 saturated heterocycles. The number of anilines is 1. The molecule has 0 amide bonds. The quantitative estimate of drug-likeness (QED) is 0.733. The molecule has 2 N–H and O–H groups in total. The van der Waals surface area contributed by atoms with E-state index in [0.29, 0.717) is 12.2 Å². The van der Waals surface area contributed by atoms with E-state index in [0.717, 1.165) is 6.42 Å². The van der Waals surface area contributed by atoms with Crippen molar-refractivity contribution in [2.45, 2.75) is 18.4 Å². The summed E-state index contributed by atoms with van der Waals surface area (Å²) in [5, 5.41) is 4.43. The maximum Gasteiger partial charge on any atom is 0.272 e. The van der Waals surface area contributed by atoms with Gasteiger partial charge in [0.1, 0.15) is 0 Å². The molecule has 1 heterocycles.